The fourth-order valence-electron chi connectivity index (χ4n) is 0.804. The van der Waals surface area contributed by atoms with Crippen LogP contribution in [0.1, 0.15) is 28.0 Å². The average molecular weight is 168 g/mol. The molecule has 0 aliphatic rings. The molecule has 0 unspecified atom stereocenters. The van der Waals surface area contributed by atoms with Gasteiger partial charge in [-0.15, -0.1) is 0 Å². The first-order chi connectivity index (χ1) is 5.69. The van der Waals surface area contributed by atoms with E-state index in [0.717, 1.165) is 0 Å². The summed E-state index contributed by atoms with van der Waals surface area (Å²) in [6.45, 7) is 1.35. The third-order valence-corrected chi connectivity index (χ3v) is 1.40. The summed E-state index contributed by atoms with van der Waals surface area (Å²) in [7, 11) is 1.40. The predicted molar refractivity (Wildman–Crippen MR) is 40.7 cm³/mol. The molecule has 0 aliphatic carbocycles. The van der Waals surface area contributed by atoms with Gasteiger partial charge in [0.25, 0.3) is 0 Å². The third-order valence-electron chi connectivity index (χ3n) is 1.40. The Labute approximate surface area is 69.1 Å². The maximum absolute atomic E-state index is 10.8. The molecule has 0 saturated heterocycles. The molecular formula is C8H8O4. The lowest BCUT2D eigenvalue weighted by Crippen LogP contribution is -1.86. The second-order valence-electron chi connectivity index (χ2n) is 2.22. The molecule has 1 rings (SSSR count). The van der Waals surface area contributed by atoms with Gasteiger partial charge in [0.15, 0.2) is 23.6 Å². The number of ketones is 1. The lowest BCUT2D eigenvalue weighted by molar-refractivity contribution is 0.0983. The van der Waals surface area contributed by atoms with Crippen LogP contribution < -0.4 is 4.74 Å². The molecule has 0 N–H and O–H groups in total. The Morgan fingerprint density at radius 1 is 1.67 bits per heavy atom. The van der Waals surface area contributed by atoms with E-state index in [1.165, 1.54) is 20.1 Å². The molecule has 0 saturated carbocycles. The molecule has 1 aromatic heterocycles. The molecule has 1 heterocycles. The average Bonchev–Trinajstić information content (AvgIpc) is 2.46. The van der Waals surface area contributed by atoms with Crippen molar-refractivity contribution in [3.05, 3.63) is 17.6 Å². The minimum absolute atomic E-state index is 0.0442. The van der Waals surface area contributed by atoms with E-state index in [1.807, 2.05) is 0 Å². The van der Waals surface area contributed by atoms with E-state index >= 15 is 0 Å². The second kappa shape index (κ2) is 3.21. The first-order valence-corrected chi connectivity index (χ1v) is 3.33. The van der Waals surface area contributed by atoms with Crippen LogP contribution in [0.5, 0.6) is 5.75 Å². The van der Waals surface area contributed by atoms with Crippen LogP contribution in [0, 0.1) is 0 Å². The quantitative estimate of drug-likeness (QED) is 0.504. The smallest absolute Gasteiger partial charge is 0.209 e. The zero-order valence-electron chi connectivity index (χ0n) is 6.79. The van der Waals surface area contributed by atoms with E-state index in [4.69, 9.17) is 9.15 Å². The Morgan fingerprint density at radius 2 is 2.33 bits per heavy atom. The van der Waals surface area contributed by atoms with Gasteiger partial charge in [-0.2, -0.15) is 0 Å². The number of methoxy groups -OCH3 is 1. The Hall–Kier alpha value is -1.58. The van der Waals surface area contributed by atoms with Gasteiger partial charge < -0.3 is 9.15 Å². The zero-order chi connectivity index (χ0) is 9.14. The van der Waals surface area contributed by atoms with Crippen LogP contribution in [0.4, 0.5) is 0 Å². The van der Waals surface area contributed by atoms with Gasteiger partial charge in [-0.25, -0.2) is 0 Å². The zero-order valence-corrected chi connectivity index (χ0v) is 6.79. The van der Waals surface area contributed by atoms with Crippen LogP contribution in [0.15, 0.2) is 10.5 Å². The van der Waals surface area contributed by atoms with Crippen molar-refractivity contribution in [3.8, 4) is 5.75 Å². The van der Waals surface area contributed by atoms with Gasteiger partial charge in [-0.05, 0) is 0 Å². The standard InChI is InChI=1S/C8H8O4/c1-5(10)6-3-7(11-2)8(4-9)12-6/h3-4H,1-2H3. The minimum atomic E-state index is -0.235. The monoisotopic (exact) mass is 168 g/mol. The summed E-state index contributed by atoms with van der Waals surface area (Å²) >= 11 is 0. The summed E-state index contributed by atoms with van der Waals surface area (Å²) in [6, 6.07) is 1.39. The number of carbonyl (C=O) groups is 2. The van der Waals surface area contributed by atoms with Crippen LogP contribution in [-0.4, -0.2) is 19.2 Å². The summed E-state index contributed by atoms with van der Waals surface area (Å²) in [5.74, 6) is 0.230. The van der Waals surface area contributed by atoms with Crippen molar-refractivity contribution in [2.75, 3.05) is 7.11 Å². The molecule has 1 aromatic rings. The maximum Gasteiger partial charge on any atom is 0.209 e. The lowest BCUT2D eigenvalue weighted by atomic mass is 10.3. The number of hydrogen-bond donors (Lipinski definition) is 0. The number of furan rings is 1. The van der Waals surface area contributed by atoms with Crippen molar-refractivity contribution in [2.24, 2.45) is 0 Å². The van der Waals surface area contributed by atoms with E-state index in [2.05, 4.69) is 0 Å². The van der Waals surface area contributed by atoms with Crippen LogP contribution in [0.2, 0.25) is 0 Å². The molecule has 0 bridgehead atoms. The van der Waals surface area contributed by atoms with E-state index in [9.17, 15) is 9.59 Å². The SMILES string of the molecule is COc1cc(C(C)=O)oc1C=O. The molecule has 12 heavy (non-hydrogen) atoms. The van der Waals surface area contributed by atoms with Crippen LogP contribution in [0.25, 0.3) is 0 Å². The Bertz CT molecular complexity index is 311. The van der Waals surface area contributed by atoms with E-state index in [-0.39, 0.29) is 23.1 Å². The lowest BCUT2D eigenvalue weighted by Gasteiger charge is -1.90. The van der Waals surface area contributed by atoms with Gasteiger partial charge in [0.2, 0.25) is 5.76 Å². The van der Waals surface area contributed by atoms with Gasteiger partial charge in [-0.3, -0.25) is 9.59 Å². The molecule has 4 heteroatoms. The summed E-state index contributed by atoms with van der Waals surface area (Å²) in [5, 5.41) is 0. The summed E-state index contributed by atoms with van der Waals surface area (Å²) in [5.41, 5.74) is 0. The minimum Gasteiger partial charge on any atom is -0.493 e. The summed E-state index contributed by atoms with van der Waals surface area (Å²) in [4.78, 5) is 21.1. The maximum atomic E-state index is 10.8. The van der Waals surface area contributed by atoms with Crippen LogP contribution in [0.3, 0.4) is 0 Å². The molecule has 0 atom stereocenters. The van der Waals surface area contributed by atoms with E-state index < -0.39 is 0 Å². The van der Waals surface area contributed by atoms with Crippen molar-refractivity contribution in [3.63, 3.8) is 0 Å². The number of carbonyl (C=O) groups excluding carboxylic acids is 2. The molecule has 0 aromatic carbocycles. The fourth-order valence-corrected chi connectivity index (χ4v) is 0.804. The number of Topliss-reactive ketones (excluding diaryl/α,β-unsaturated/α-hetero) is 1. The third kappa shape index (κ3) is 1.37. The Morgan fingerprint density at radius 3 is 2.67 bits per heavy atom. The highest BCUT2D eigenvalue weighted by Crippen LogP contribution is 2.21. The topological polar surface area (TPSA) is 56.5 Å². The molecule has 0 radical (unpaired) electrons. The highest BCUT2D eigenvalue weighted by atomic mass is 16.5. The molecule has 0 aliphatic heterocycles. The van der Waals surface area contributed by atoms with Crippen LogP contribution in [-0.2, 0) is 0 Å². The van der Waals surface area contributed by atoms with Crippen molar-refractivity contribution in [1.82, 2.24) is 0 Å². The molecule has 4 nitrogen and oxygen atoms in total. The van der Waals surface area contributed by atoms with Gasteiger partial charge >= 0.3 is 0 Å². The van der Waals surface area contributed by atoms with Crippen molar-refractivity contribution < 1.29 is 18.7 Å². The Balaban J connectivity index is 3.13. The number of rotatable bonds is 3. The number of aldehydes is 1. The van der Waals surface area contributed by atoms with Gasteiger partial charge in [0.1, 0.15) is 0 Å². The molecule has 0 amide bonds. The van der Waals surface area contributed by atoms with E-state index in [0.29, 0.717) is 6.29 Å². The second-order valence-corrected chi connectivity index (χ2v) is 2.22. The molecular weight excluding hydrogens is 160 g/mol. The van der Waals surface area contributed by atoms with Crippen molar-refractivity contribution >= 4 is 12.1 Å². The van der Waals surface area contributed by atoms with Gasteiger partial charge in [-0.1, -0.05) is 0 Å². The van der Waals surface area contributed by atoms with Crippen molar-refractivity contribution in [2.45, 2.75) is 6.92 Å². The number of hydrogen-bond acceptors (Lipinski definition) is 4. The highest BCUT2D eigenvalue weighted by molar-refractivity contribution is 5.93. The molecule has 0 fully saturated rings. The van der Waals surface area contributed by atoms with Crippen molar-refractivity contribution in [1.29, 1.82) is 0 Å². The van der Waals surface area contributed by atoms with Crippen LogP contribution >= 0.6 is 0 Å². The molecule has 0 spiro atoms. The van der Waals surface area contributed by atoms with Gasteiger partial charge in [0.05, 0.1) is 7.11 Å². The number of ether oxygens (including phenoxy) is 1. The Kier molecular flexibility index (Phi) is 2.28. The van der Waals surface area contributed by atoms with Gasteiger partial charge in [0, 0.05) is 13.0 Å². The normalized spacial score (nSPS) is 9.50. The van der Waals surface area contributed by atoms with E-state index in [1.54, 1.807) is 0 Å². The first-order valence-electron chi connectivity index (χ1n) is 3.33. The summed E-state index contributed by atoms with van der Waals surface area (Å²) < 4.78 is 9.66. The largest absolute Gasteiger partial charge is 0.493 e. The highest BCUT2D eigenvalue weighted by Gasteiger charge is 2.13. The first kappa shape index (κ1) is 8.52. The fraction of sp³-hybridized carbons (Fsp3) is 0.250. The molecule has 64 valence electrons. The summed E-state index contributed by atoms with van der Waals surface area (Å²) in [6.07, 6.45) is 0.505. The predicted octanol–water partition coefficient (Wildman–Crippen LogP) is 1.30.